The zero-order chi connectivity index (χ0) is 15.9. The number of amides is 1. The largest absolute Gasteiger partial charge is 0.325 e. The molecule has 21 heavy (non-hydrogen) atoms. The Labute approximate surface area is 134 Å². The molecule has 0 aliphatic heterocycles. The molecule has 0 heterocycles. The molecule has 0 spiro atoms. The molecule has 0 atom stereocenters. The van der Waals surface area contributed by atoms with E-state index in [0.29, 0.717) is 12.2 Å². The van der Waals surface area contributed by atoms with Gasteiger partial charge in [-0.2, -0.15) is 4.31 Å². The van der Waals surface area contributed by atoms with Gasteiger partial charge in [0, 0.05) is 16.7 Å². The maximum absolute atomic E-state index is 12.0. The number of hydrogen-bond donors (Lipinski definition) is 1. The highest BCUT2D eigenvalue weighted by Gasteiger charge is 2.19. The van der Waals surface area contributed by atoms with Gasteiger partial charge in [0.05, 0.1) is 12.8 Å². The van der Waals surface area contributed by atoms with Crippen LogP contribution in [-0.2, 0) is 14.8 Å². The number of sulfonamides is 1. The van der Waals surface area contributed by atoms with E-state index in [4.69, 9.17) is 0 Å². The predicted octanol–water partition coefficient (Wildman–Crippen LogP) is 2.84. The van der Waals surface area contributed by atoms with Crippen LogP contribution < -0.4 is 5.32 Å². The van der Waals surface area contributed by atoms with Gasteiger partial charge >= 0.3 is 0 Å². The summed E-state index contributed by atoms with van der Waals surface area (Å²) >= 11 is 3.32. The molecule has 0 saturated carbocycles. The first-order valence-electron chi connectivity index (χ1n) is 6.83. The molecule has 1 amide bonds. The molecule has 0 aliphatic carbocycles. The van der Waals surface area contributed by atoms with Crippen LogP contribution in [0.15, 0.2) is 28.7 Å². The molecule has 5 nitrogen and oxygen atoms in total. The number of carbonyl (C=O) groups is 1. The van der Waals surface area contributed by atoms with Crippen molar-refractivity contribution in [3.8, 4) is 0 Å². The number of anilines is 1. The van der Waals surface area contributed by atoms with Crippen molar-refractivity contribution >= 4 is 37.5 Å². The lowest BCUT2D eigenvalue weighted by Crippen LogP contribution is -2.38. The quantitative estimate of drug-likeness (QED) is 0.709. The molecule has 0 saturated heterocycles. The van der Waals surface area contributed by atoms with E-state index in [9.17, 15) is 13.2 Å². The number of unbranched alkanes of at least 4 members (excludes halogenated alkanes) is 2. The van der Waals surface area contributed by atoms with Crippen LogP contribution >= 0.6 is 15.9 Å². The van der Waals surface area contributed by atoms with Crippen LogP contribution in [0.1, 0.15) is 26.2 Å². The Balaban J connectivity index is 2.63. The zero-order valence-corrected chi connectivity index (χ0v) is 14.7. The normalized spacial score (nSPS) is 11.6. The summed E-state index contributed by atoms with van der Waals surface area (Å²) in [5, 5.41) is 2.70. The minimum atomic E-state index is -3.38. The Morgan fingerprint density at radius 1 is 1.33 bits per heavy atom. The smallest absolute Gasteiger partial charge is 0.239 e. The number of benzene rings is 1. The Morgan fingerprint density at radius 3 is 2.62 bits per heavy atom. The fourth-order valence-electron chi connectivity index (χ4n) is 1.83. The third-order valence-corrected chi connectivity index (χ3v) is 4.65. The lowest BCUT2D eigenvalue weighted by Gasteiger charge is -2.19. The third kappa shape index (κ3) is 7.06. The predicted molar refractivity (Wildman–Crippen MR) is 88.7 cm³/mol. The second kappa shape index (κ2) is 8.51. The Kier molecular flexibility index (Phi) is 7.34. The number of nitrogens with zero attached hydrogens (tertiary/aromatic N) is 1. The van der Waals surface area contributed by atoms with Crippen LogP contribution in [0, 0.1) is 0 Å². The van der Waals surface area contributed by atoms with Crippen molar-refractivity contribution in [2.75, 3.05) is 24.7 Å². The van der Waals surface area contributed by atoms with E-state index >= 15 is 0 Å². The second-order valence-corrected chi connectivity index (χ2v) is 7.76. The number of rotatable bonds is 8. The summed E-state index contributed by atoms with van der Waals surface area (Å²) in [7, 11) is -3.38. The fourth-order valence-corrected chi connectivity index (χ4v) is 3.04. The van der Waals surface area contributed by atoms with Crippen molar-refractivity contribution in [1.29, 1.82) is 0 Å². The van der Waals surface area contributed by atoms with Gasteiger partial charge in [-0.3, -0.25) is 4.79 Å². The highest BCUT2D eigenvalue weighted by Crippen LogP contribution is 2.15. The van der Waals surface area contributed by atoms with Gasteiger partial charge in [0.25, 0.3) is 0 Å². The highest BCUT2D eigenvalue weighted by molar-refractivity contribution is 9.10. The summed E-state index contributed by atoms with van der Waals surface area (Å²) in [5.74, 6) is -0.338. The molecule has 1 N–H and O–H groups in total. The van der Waals surface area contributed by atoms with Gasteiger partial charge in [-0.15, -0.1) is 0 Å². The number of nitrogens with one attached hydrogen (secondary N) is 1. The van der Waals surface area contributed by atoms with Crippen LogP contribution in [0.4, 0.5) is 5.69 Å². The number of halogens is 1. The Hall–Kier alpha value is -0.920. The van der Waals surface area contributed by atoms with E-state index in [1.54, 1.807) is 18.2 Å². The van der Waals surface area contributed by atoms with Crippen molar-refractivity contribution in [3.63, 3.8) is 0 Å². The summed E-state index contributed by atoms with van der Waals surface area (Å²) in [6.45, 7) is 2.26. The van der Waals surface area contributed by atoms with E-state index in [0.717, 1.165) is 30.0 Å². The third-order valence-electron chi connectivity index (χ3n) is 2.91. The summed E-state index contributed by atoms with van der Waals surface area (Å²) in [5.41, 5.74) is 0.636. The van der Waals surface area contributed by atoms with Crippen LogP contribution in [0.25, 0.3) is 0 Å². The van der Waals surface area contributed by atoms with Gasteiger partial charge in [0.1, 0.15) is 0 Å². The second-order valence-electron chi connectivity index (χ2n) is 4.86. The van der Waals surface area contributed by atoms with Gasteiger partial charge in [-0.25, -0.2) is 8.42 Å². The highest BCUT2D eigenvalue weighted by atomic mass is 79.9. The summed E-state index contributed by atoms with van der Waals surface area (Å²) in [4.78, 5) is 12.0. The molecular weight excluding hydrogens is 356 g/mol. The zero-order valence-electron chi connectivity index (χ0n) is 12.3. The Bertz CT molecular complexity index is 575. The summed E-state index contributed by atoms with van der Waals surface area (Å²) < 4.78 is 25.5. The van der Waals surface area contributed by atoms with Crippen LogP contribution in [0.2, 0.25) is 0 Å². The molecule has 0 aliphatic rings. The van der Waals surface area contributed by atoms with Crippen molar-refractivity contribution in [2.45, 2.75) is 26.2 Å². The number of hydrogen-bond acceptors (Lipinski definition) is 3. The first kappa shape index (κ1) is 18.1. The molecule has 1 rings (SSSR count). The van der Waals surface area contributed by atoms with E-state index in [2.05, 4.69) is 21.2 Å². The monoisotopic (exact) mass is 376 g/mol. The maximum Gasteiger partial charge on any atom is 0.239 e. The SMILES string of the molecule is CCCCCN(CC(=O)Nc1cccc(Br)c1)S(C)(=O)=O. The van der Waals surface area contributed by atoms with Crippen LogP contribution in [0.3, 0.4) is 0 Å². The van der Waals surface area contributed by atoms with Gasteiger partial charge in [0.2, 0.25) is 15.9 Å². The first-order valence-corrected chi connectivity index (χ1v) is 9.47. The van der Waals surface area contributed by atoms with Gasteiger partial charge in [-0.1, -0.05) is 41.8 Å². The minimum Gasteiger partial charge on any atom is -0.325 e. The average molecular weight is 377 g/mol. The topological polar surface area (TPSA) is 66.5 Å². The minimum absolute atomic E-state index is 0.158. The van der Waals surface area contributed by atoms with E-state index in [-0.39, 0.29) is 12.5 Å². The van der Waals surface area contributed by atoms with E-state index in [1.165, 1.54) is 4.31 Å². The molecule has 0 fully saturated rings. The Morgan fingerprint density at radius 2 is 2.05 bits per heavy atom. The molecule has 7 heteroatoms. The maximum atomic E-state index is 12.0. The molecule has 0 aromatic heterocycles. The lowest BCUT2D eigenvalue weighted by atomic mass is 10.2. The molecule has 118 valence electrons. The molecule has 0 bridgehead atoms. The van der Waals surface area contributed by atoms with E-state index in [1.807, 2.05) is 13.0 Å². The molecule has 1 aromatic carbocycles. The van der Waals surface area contributed by atoms with Crippen LogP contribution in [0.5, 0.6) is 0 Å². The van der Waals surface area contributed by atoms with Crippen molar-refractivity contribution in [1.82, 2.24) is 4.31 Å². The van der Waals surface area contributed by atoms with Gasteiger partial charge < -0.3 is 5.32 Å². The number of carbonyl (C=O) groups excluding carboxylic acids is 1. The van der Waals surface area contributed by atoms with E-state index < -0.39 is 10.0 Å². The molecule has 1 aromatic rings. The summed E-state index contributed by atoms with van der Waals surface area (Å²) in [6.07, 6.45) is 3.83. The lowest BCUT2D eigenvalue weighted by molar-refractivity contribution is -0.116. The van der Waals surface area contributed by atoms with Crippen LogP contribution in [-0.4, -0.2) is 38.0 Å². The van der Waals surface area contributed by atoms with Gasteiger partial charge in [0.15, 0.2) is 0 Å². The molecule has 0 radical (unpaired) electrons. The summed E-state index contributed by atoms with van der Waals surface area (Å²) in [6, 6.07) is 7.17. The van der Waals surface area contributed by atoms with Crippen molar-refractivity contribution in [3.05, 3.63) is 28.7 Å². The average Bonchev–Trinajstić information content (AvgIpc) is 2.36. The fraction of sp³-hybridized carbons (Fsp3) is 0.500. The standard InChI is InChI=1S/C14H21BrN2O3S/c1-3-4-5-9-17(21(2,19)20)11-14(18)16-13-8-6-7-12(15)10-13/h6-8,10H,3-5,9,11H2,1-2H3,(H,16,18). The van der Waals surface area contributed by atoms with Crippen molar-refractivity contribution in [2.24, 2.45) is 0 Å². The van der Waals surface area contributed by atoms with Crippen molar-refractivity contribution < 1.29 is 13.2 Å². The van der Waals surface area contributed by atoms with Gasteiger partial charge in [-0.05, 0) is 24.6 Å². The molecule has 0 unspecified atom stereocenters. The molecular formula is C14H21BrN2O3S. The first-order chi connectivity index (χ1) is 9.82.